The van der Waals surface area contributed by atoms with Crippen LogP contribution in [0.4, 0.5) is 0 Å². The van der Waals surface area contributed by atoms with Gasteiger partial charge in [0, 0.05) is 25.6 Å². The third-order valence-corrected chi connectivity index (χ3v) is 5.49. The topological polar surface area (TPSA) is 86.7 Å². The zero-order valence-corrected chi connectivity index (χ0v) is 14.9. The molecule has 1 aliphatic carbocycles. The number of aliphatic carboxylic acids is 1. The van der Waals surface area contributed by atoms with Crippen molar-refractivity contribution >= 4 is 17.8 Å². The van der Waals surface area contributed by atoms with E-state index in [9.17, 15) is 19.5 Å². The van der Waals surface area contributed by atoms with E-state index in [4.69, 9.17) is 0 Å². The van der Waals surface area contributed by atoms with Gasteiger partial charge in [-0.1, -0.05) is 43.2 Å². The largest absolute Gasteiger partial charge is 0.481 e. The van der Waals surface area contributed by atoms with Crippen LogP contribution in [0.2, 0.25) is 0 Å². The molecule has 140 valence electrons. The summed E-state index contributed by atoms with van der Waals surface area (Å²) in [6.07, 6.45) is 4.94. The number of rotatable bonds is 7. The van der Waals surface area contributed by atoms with Gasteiger partial charge in [0.15, 0.2) is 0 Å². The summed E-state index contributed by atoms with van der Waals surface area (Å²) < 4.78 is 0. The minimum Gasteiger partial charge on any atom is -0.481 e. The molecular formula is C20H26N2O4. The van der Waals surface area contributed by atoms with Crippen LogP contribution >= 0.6 is 0 Å². The predicted molar refractivity (Wildman–Crippen MR) is 96.4 cm³/mol. The smallest absolute Gasteiger partial charge is 0.308 e. The zero-order chi connectivity index (χ0) is 18.5. The number of carbonyl (C=O) groups excluding carboxylic acids is 2. The quantitative estimate of drug-likeness (QED) is 0.779. The van der Waals surface area contributed by atoms with E-state index in [-0.39, 0.29) is 36.7 Å². The third kappa shape index (κ3) is 4.42. The second-order valence-electron chi connectivity index (χ2n) is 7.36. The maximum Gasteiger partial charge on any atom is 0.308 e. The van der Waals surface area contributed by atoms with E-state index in [1.54, 1.807) is 0 Å². The van der Waals surface area contributed by atoms with Crippen molar-refractivity contribution in [1.82, 2.24) is 10.2 Å². The SMILES string of the molecule is O=C(O)[C@@H](CNC(=O)[C@@H]1CC(=O)N(C2CCCC2)C1)Cc1ccccc1. The maximum absolute atomic E-state index is 12.4. The van der Waals surface area contributed by atoms with Gasteiger partial charge in [0.25, 0.3) is 0 Å². The number of carboxylic acids is 1. The van der Waals surface area contributed by atoms with Crippen molar-refractivity contribution in [2.45, 2.75) is 44.6 Å². The molecule has 0 aromatic heterocycles. The summed E-state index contributed by atoms with van der Waals surface area (Å²) in [4.78, 5) is 38.0. The molecule has 0 unspecified atom stereocenters. The van der Waals surface area contributed by atoms with Crippen LogP contribution in [0.1, 0.15) is 37.7 Å². The van der Waals surface area contributed by atoms with Gasteiger partial charge in [-0.3, -0.25) is 14.4 Å². The number of hydrogen-bond donors (Lipinski definition) is 2. The normalized spacial score (nSPS) is 21.8. The average Bonchev–Trinajstić information content (AvgIpc) is 3.28. The molecule has 1 saturated carbocycles. The first-order chi connectivity index (χ1) is 12.5. The average molecular weight is 358 g/mol. The number of amides is 2. The van der Waals surface area contributed by atoms with E-state index in [0.717, 1.165) is 31.2 Å². The number of carboxylic acid groups (broad SMARTS) is 1. The Morgan fingerprint density at radius 3 is 2.54 bits per heavy atom. The fourth-order valence-corrected chi connectivity index (χ4v) is 3.99. The molecule has 1 saturated heterocycles. The lowest BCUT2D eigenvalue weighted by Crippen LogP contribution is -2.39. The summed E-state index contributed by atoms with van der Waals surface area (Å²) in [6.45, 7) is 0.545. The summed E-state index contributed by atoms with van der Waals surface area (Å²) in [7, 11) is 0. The van der Waals surface area contributed by atoms with Crippen LogP contribution in [0.25, 0.3) is 0 Å². The Kier molecular flexibility index (Phi) is 5.91. The first-order valence-corrected chi connectivity index (χ1v) is 9.38. The second kappa shape index (κ2) is 8.34. The summed E-state index contributed by atoms with van der Waals surface area (Å²) in [5, 5.41) is 12.2. The van der Waals surface area contributed by atoms with Crippen molar-refractivity contribution < 1.29 is 19.5 Å². The number of nitrogens with zero attached hydrogens (tertiary/aromatic N) is 1. The molecule has 0 radical (unpaired) electrons. The lowest BCUT2D eigenvalue weighted by atomic mass is 9.99. The van der Waals surface area contributed by atoms with Gasteiger partial charge in [-0.2, -0.15) is 0 Å². The minimum absolute atomic E-state index is 0.0520. The molecule has 2 atom stereocenters. The molecule has 2 aliphatic rings. The molecule has 6 heteroatoms. The number of nitrogens with one attached hydrogen (secondary N) is 1. The first-order valence-electron chi connectivity index (χ1n) is 9.38. The van der Waals surface area contributed by atoms with Gasteiger partial charge in [0.05, 0.1) is 11.8 Å². The number of benzene rings is 1. The summed E-state index contributed by atoms with van der Waals surface area (Å²) in [5.74, 6) is -2.13. The highest BCUT2D eigenvalue weighted by molar-refractivity contribution is 5.89. The van der Waals surface area contributed by atoms with E-state index in [0.29, 0.717) is 13.0 Å². The van der Waals surface area contributed by atoms with E-state index >= 15 is 0 Å². The molecule has 1 aliphatic heterocycles. The van der Waals surface area contributed by atoms with Gasteiger partial charge in [0.1, 0.15) is 0 Å². The van der Waals surface area contributed by atoms with Crippen LogP contribution in [0.3, 0.4) is 0 Å². The highest BCUT2D eigenvalue weighted by Gasteiger charge is 2.38. The molecule has 1 aromatic rings. The van der Waals surface area contributed by atoms with Gasteiger partial charge in [-0.05, 0) is 24.8 Å². The molecule has 3 rings (SSSR count). The molecule has 6 nitrogen and oxygen atoms in total. The van der Waals surface area contributed by atoms with Crippen molar-refractivity contribution in [3.05, 3.63) is 35.9 Å². The van der Waals surface area contributed by atoms with Crippen LogP contribution < -0.4 is 5.32 Å². The number of hydrogen-bond acceptors (Lipinski definition) is 3. The Morgan fingerprint density at radius 1 is 1.19 bits per heavy atom. The monoisotopic (exact) mass is 358 g/mol. The van der Waals surface area contributed by atoms with Gasteiger partial charge < -0.3 is 15.3 Å². The van der Waals surface area contributed by atoms with Crippen LogP contribution in [0, 0.1) is 11.8 Å². The number of carbonyl (C=O) groups is 3. The van der Waals surface area contributed by atoms with Crippen LogP contribution in [0.5, 0.6) is 0 Å². The van der Waals surface area contributed by atoms with Crippen molar-refractivity contribution in [3.63, 3.8) is 0 Å². The van der Waals surface area contributed by atoms with Gasteiger partial charge in [0.2, 0.25) is 11.8 Å². The molecule has 26 heavy (non-hydrogen) atoms. The molecule has 0 bridgehead atoms. The Labute approximate surface area is 153 Å². The summed E-state index contributed by atoms with van der Waals surface area (Å²) in [6, 6.07) is 9.67. The fraction of sp³-hybridized carbons (Fsp3) is 0.550. The van der Waals surface area contributed by atoms with Crippen LogP contribution in [0.15, 0.2) is 30.3 Å². The Bertz CT molecular complexity index is 655. The van der Waals surface area contributed by atoms with Gasteiger partial charge in [-0.25, -0.2) is 0 Å². The molecule has 0 spiro atoms. The van der Waals surface area contributed by atoms with E-state index in [2.05, 4.69) is 5.32 Å². The lowest BCUT2D eigenvalue weighted by molar-refractivity contribution is -0.141. The van der Waals surface area contributed by atoms with Crippen LogP contribution in [-0.2, 0) is 20.8 Å². The fourth-order valence-electron chi connectivity index (χ4n) is 3.99. The molecule has 2 N–H and O–H groups in total. The standard InChI is InChI=1S/C20H26N2O4/c23-18-11-16(13-22(18)17-8-4-5-9-17)19(24)21-12-15(20(25)26)10-14-6-2-1-3-7-14/h1-3,6-7,15-17H,4-5,8-13H2,(H,21,24)(H,25,26)/t15-,16-/m1/s1. The first kappa shape index (κ1) is 18.4. The summed E-state index contributed by atoms with van der Waals surface area (Å²) in [5.41, 5.74) is 0.928. The van der Waals surface area contributed by atoms with Crippen molar-refractivity contribution in [2.24, 2.45) is 11.8 Å². The highest BCUT2D eigenvalue weighted by Crippen LogP contribution is 2.29. The highest BCUT2D eigenvalue weighted by atomic mass is 16.4. The van der Waals surface area contributed by atoms with Gasteiger partial charge in [-0.15, -0.1) is 0 Å². The molecule has 2 amide bonds. The maximum atomic E-state index is 12.4. The lowest BCUT2D eigenvalue weighted by Gasteiger charge is -2.24. The van der Waals surface area contributed by atoms with Gasteiger partial charge >= 0.3 is 5.97 Å². The Balaban J connectivity index is 1.52. The Morgan fingerprint density at radius 2 is 1.88 bits per heavy atom. The molecule has 2 fully saturated rings. The zero-order valence-electron chi connectivity index (χ0n) is 14.9. The van der Waals surface area contributed by atoms with Crippen molar-refractivity contribution in [1.29, 1.82) is 0 Å². The van der Waals surface area contributed by atoms with Crippen LogP contribution in [-0.4, -0.2) is 46.9 Å². The van der Waals surface area contributed by atoms with E-state index in [1.807, 2.05) is 35.2 Å². The minimum atomic E-state index is -0.927. The van der Waals surface area contributed by atoms with Crippen molar-refractivity contribution in [3.8, 4) is 0 Å². The molecule has 1 aromatic carbocycles. The Hall–Kier alpha value is -2.37. The second-order valence-corrected chi connectivity index (χ2v) is 7.36. The molecular weight excluding hydrogens is 332 g/mol. The van der Waals surface area contributed by atoms with Crippen molar-refractivity contribution in [2.75, 3.05) is 13.1 Å². The number of likely N-dealkylation sites (tertiary alicyclic amines) is 1. The molecule has 1 heterocycles. The predicted octanol–water partition coefficient (Wildman–Crippen LogP) is 1.84. The van der Waals surface area contributed by atoms with E-state index < -0.39 is 11.9 Å². The van der Waals surface area contributed by atoms with E-state index in [1.165, 1.54) is 0 Å². The third-order valence-electron chi connectivity index (χ3n) is 5.49. The summed E-state index contributed by atoms with van der Waals surface area (Å²) >= 11 is 0.